The molecule has 0 saturated heterocycles. The summed E-state index contributed by atoms with van der Waals surface area (Å²) in [6.07, 6.45) is 1.36. The Morgan fingerprint density at radius 3 is 2.07 bits per heavy atom. The molecule has 0 aliphatic heterocycles. The molecule has 3 N–H and O–H groups in total. The maximum absolute atomic E-state index is 10.2. The Balaban J connectivity index is 2.43. The molecule has 0 aromatic heterocycles. The SMILES string of the molecule is Cc1cc(C)c(C(O)C2(N)CC2)c(C)c1. The maximum atomic E-state index is 10.2. The predicted molar refractivity (Wildman–Crippen MR) is 61.8 cm³/mol. The van der Waals surface area contributed by atoms with Gasteiger partial charge < -0.3 is 10.8 Å². The van der Waals surface area contributed by atoms with Crippen LogP contribution in [0, 0.1) is 20.8 Å². The number of benzene rings is 1. The molecule has 0 heterocycles. The first-order valence-electron chi connectivity index (χ1n) is 5.49. The highest BCUT2D eigenvalue weighted by Gasteiger charge is 2.46. The van der Waals surface area contributed by atoms with Gasteiger partial charge in [0.05, 0.1) is 6.10 Å². The summed E-state index contributed by atoms with van der Waals surface area (Å²) in [7, 11) is 0. The molecule has 1 fully saturated rings. The number of nitrogens with two attached hydrogens (primary N) is 1. The van der Waals surface area contributed by atoms with Crippen molar-refractivity contribution in [3.63, 3.8) is 0 Å². The van der Waals surface area contributed by atoms with Gasteiger partial charge in [-0.1, -0.05) is 17.7 Å². The van der Waals surface area contributed by atoms with Crippen LogP contribution in [0.15, 0.2) is 12.1 Å². The Morgan fingerprint density at radius 1 is 1.20 bits per heavy atom. The fraction of sp³-hybridized carbons (Fsp3) is 0.538. The van der Waals surface area contributed by atoms with Crippen molar-refractivity contribution in [1.29, 1.82) is 0 Å². The van der Waals surface area contributed by atoms with E-state index in [9.17, 15) is 5.11 Å². The Bertz CT molecular complexity index is 371. The van der Waals surface area contributed by atoms with Crippen molar-refractivity contribution in [3.05, 3.63) is 34.4 Å². The van der Waals surface area contributed by atoms with Gasteiger partial charge in [0.2, 0.25) is 0 Å². The maximum Gasteiger partial charge on any atom is 0.0974 e. The van der Waals surface area contributed by atoms with Crippen LogP contribution in [0.1, 0.15) is 41.2 Å². The summed E-state index contributed by atoms with van der Waals surface area (Å²) in [6, 6.07) is 4.22. The standard InChI is InChI=1S/C13H19NO/c1-8-6-9(2)11(10(3)7-8)12(15)13(14)4-5-13/h6-7,12,15H,4-5,14H2,1-3H3. The molecular weight excluding hydrogens is 186 g/mol. The number of aliphatic hydroxyl groups is 1. The first-order valence-corrected chi connectivity index (χ1v) is 5.49. The summed E-state index contributed by atoms with van der Waals surface area (Å²) in [5.41, 5.74) is 10.3. The van der Waals surface area contributed by atoms with E-state index in [0.29, 0.717) is 0 Å². The Hall–Kier alpha value is -0.860. The van der Waals surface area contributed by atoms with E-state index in [2.05, 4.69) is 19.1 Å². The van der Waals surface area contributed by atoms with E-state index in [4.69, 9.17) is 5.73 Å². The lowest BCUT2D eigenvalue weighted by Crippen LogP contribution is -2.31. The second kappa shape index (κ2) is 3.32. The van der Waals surface area contributed by atoms with Gasteiger partial charge in [0.1, 0.15) is 0 Å². The van der Waals surface area contributed by atoms with E-state index in [0.717, 1.165) is 29.5 Å². The quantitative estimate of drug-likeness (QED) is 0.777. The third kappa shape index (κ3) is 1.80. The van der Waals surface area contributed by atoms with Crippen LogP contribution in [-0.2, 0) is 0 Å². The van der Waals surface area contributed by atoms with Crippen molar-refractivity contribution in [2.24, 2.45) is 5.73 Å². The van der Waals surface area contributed by atoms with Crippen molar-refractivity contribution in [1.82, 2.24) is 0 Å². The van der Waals surface area contributed by atoms with Gasteiger partial charge in [0, 0.05) is 5.54 Å². The predicted octanol–water partition coefficient (Wildman–Crippen LogP) is 2.14. The molecule has 0 bridgehead atoms. The van der Waals surface area contributed by atoms with Crippen LogP contribution >= 0.6 is 0 Å². The van der Waals surface area contributed by atoms with E-state index in [1.807, 2.05) is 13.8 Å². The molecular formula is C13H19NO. The zero-order valence-electron chi connectivity index (χ0n) is 9.67. The summed E-state index contributed by atoms with van der Waals surface area (Å²) >= 11 is 0. The van der Waals surface area contributed by atoms with E-state index in [1.165, 1.54) is 5.56 Å². The Morgan fingerprint density at radius 2 is 1.67 bits per heavy atom. The minimum Gasteiger partial charge on any atom is -0.386 e. The highest BCUT2D eigenvalue weighted by molar-refractivity contribution is 5.41. The summed E-state index contributed by atoms with van der Waals surface area (Å²) in [5.74, 6) is 0. The molecule has 0 radical (unpaired) electrons. The topological polar surface area (TPSA) is 46.2 Å². The fourth-order valence-electron chi connectivity index (χ4n) is 2.33. The first-order chi connectivity index (χ1) is 6.94. The van der Waals surface area contributed by atoms with Gasteiger partial charge in [-0.2, -0.15) is 0 Å². The average molecular weight is 205 g/mol. The molecule has 1 atom stereocenters. The molecule has 2 rings (SSSR count). The highest BCUT2D eigenvalue weighted by atomic mass is 16.3. The number of rotatable bonds is 2. The van der Waals surface area contributed by atoms with Crippen LogP contribution in [0.25, 0.3) is 0 Å². The minimum absolute atomic E-state index is 0.356. The van der Waals surface area contributed by atoms with Crippen LogP contribution in [0.2, 0.25) is 0 Å². The van der Waals surface area contributed by atoms with Gasteiger partial charge in [0.15, 0.2) is 0 Å². The van der Waals surface area contributed by atoms with E-state index < -0.39 is 6.10 Å². The van der Waals surface area contributed by atoms with Gasteiger partial charge in [-0.3, -0.25) is 0 Å². The minimum atomic E-state index is -0.502. The second-order valence-corrected chi connectivity index (χ2v) is 4.95. The second-order valence-electron chi connectivity index (χ2n) is 4.95. The molecule has 1 aliphatic rings. The molecule has 82 valence electrons. The lowest BCUT2D eigenvalue weighted by Gasteiger charge is -2.22. The molecule has 2 heteroatoms. The lowest BCUT2D eigenvalue weighted by atomic mass is 9.91. The average Bonchev–Trinajstić information content (AvgIpc) is 2.82. The molecule has 1 aliphatic carbocycles. The number of aliphatic hydroxyl groups excluding tert-OH is 1. The molecule has 2 nitrogen and oxygen atoms in total. The monoisotopic (exact) mass is 205 g/mol. The molecule has 1 saturated carbocycles. The van der Waals surface area contributed by atoms with Crippen LogP contribution < -0.4 is 5.73 Å². The van der Waals surface area contributed by atoms with Gasteiger partial charge in [-0.15, -0.1) is 0 Å². The largest absolute Gasteiger partial charge is 0.386 e. The highest BCUT2D eigenvalue weighted by Crippen LogP contribution is 2.45. The Kier molecular flexibility index (Phi) is 2.36. The number of hydrogen-bond acceptors (Lipinski definition) is 2. The summed E-state index contributed by atoms with van der Waals surface area (Å²) < 4.78 is 0. The number of hydrogen-bond donors (Lipinski definition) is 2. The van der Waals surface area contributed by atoms with Crippen molar-refractivity contribution in [2.75, 3.05) is 0 Å². The molecule has 1 aromatic carbocycles. The summed E-state index contributed by atoms with van der Waals surface area (Å²) in [6.45, 7) is 6.17. The van der Waals surface area contributed by atoms with Gasteiger partial charge >= 0.3 is 0 Å². The zero-order chi connectivity index (χ0) is 11.2. The summed E-state index contributed by atoms with van der Waals surface area (Å²) in [5, 5.41) is 10.2. The van der Waals surface area contributed by atoms with Crippen molar-refractivity contribution >= 4 is 0 Å². The van der Waals surface area contributed by atoms with E-state index in [1.54, 1.807) is 0 Å². The fourth-order valence-corrected chi connectivity index (χ4v) is 2.33. The van der Waals surface area contributed by atoms with Crippen LogP contribution in [-0.4, -0.2) is 10.6 Å². The zero-order valence-corrected chi connectivity index (χ0v) is 9.67. The van der Waals surface area contributed by atoms with Crippen LogP contribution in [0.5, 0.6) is 0 Å². The Labute approximate surface area is 91.1 Å². The molecule has 1 aromatic rings. The first kappa shape index (κ1) is 10.7. The molecule has 0 amide bonds. The molecule has 15 heavy (non-hydrogen) atoms. The van der Waals surface area contributed by atoms with Gasteiger partial charge in [-0.25, -0.2) is 0 Å². The van der Waals surface area contributed by atoms with E-state index >= 15 is 0 Å². The summed E-state index contributed by atoms with van der Waals surface area (Å²) in [4.78, 5) is 0. The third-order valence-electron chi connectivity index (χ3n) is 3.38. The van der Waals surface area contributed by atoms with Crippen molar-refractivity contribution < 1.29 is 5.11 Å². The van der Waals surface area contributed by atoms with Crippen molar-refractivity contribution in [2.45, 2.75) is 45.3 Å². The molecule has 0 spiro atoms. The van der Waals surface area contributed by atoms with Gasteiger partial charge in [0.25, 0.3) is 0 Å². The molecule has 1 unspecified atom stereocenters. The smallest absolute Gasteiger partial charge is 0.0974 e. The number of aryl methyl sites for hydroxylation is 3. The van der Waals surface area contributed by atoms with Crippen molar-refractivity contribution in [3.8, 4) is 0 Å². The normalized spacial score (nSPS) is 20.1. The van der Waals surface area contributed by atoms with Crippen LogP contribution in [0.3, 0.4) is 0 Å². The van der Waals surface area contributed by atoms with E-state index in [-0.39, 0.29) is 5.54 Å². The van der Waals surface area contributed by atoms with Crippen LogP contribution in [0.4, 0.5) is 0 Å². The third-order valence-corrected chi connectivity index (χ3v) is 3.38. The lowest BCUT2D eigenvalue weighted by molar-refractivity contribution is 0.134. The van der Waals surface area contributed by atoms with Gasteiger partial charge in [-0.05, 0) is 50.3 Å².